The lowest BCUT2D eigenvalue weighted by molar-refractivity contribution is -0.00135. The number of nitrogens with zero attached hydrogens (tertiary/aromatic N) is 5. The molecule has 2 aromatic heterocycles. The zero-order chi connectivity index (χ0) is 12.6. The van der Waals surface area contributed by atoms with E-state index in [4.69, 9.17) is 27.9 Å². The van der Waals surface area contributed by atoms with E-state index in [0.29, 0.717) is 11.2 Å². The summed E-state index contributed by atoms with van der Waals surface area (Å²) in [6.45, 7) is 4.01. The molecule has 0 aliphatic rings. The standard InChI is InChI=1S/C9H11Cl2N5O/c1-4(2)8(17-3)16-7-5(14-15-16)6(10)12-9(11)13-7/h4,8H,1-3H3/t8-/m1/s1. The molecule has 8 heteroatoms. The average Bonchev–Trinajstić information content (AvgIpc) is 2.63. The minimum atomic E-state index is -0.276. The molecule has 0 aliphatic carbocycles. The zero-order valence-corrected chi connectivity index (χ0v) is 11.1. The van der Waals surface area contributed by atoms with Crippen molar-refractivity contribution in [2.75, 3.05) is 7.11 Å². The van der Waals surface area contributed by atoms with Crippen molar-refractivity contribution in [2.24, 2.45) is 5.92 Å². The molecule has 0 amide bonds. The minimum Gasteiger partial charge on any atom is -0.359 e. The molecule has 0 radical (unpaired) electrons. The van der Waals surface area contributed by atoms with Gasteiger partial charge in [-0.25, -0.2) is 4.98 Å². The summed E-state index contributed by atoms with van der Waals surface area (Å²) in [5.74, 6) is 0.206. The van der Waals surface area contributed by atoms with Crippen molar-refractivity contribution < 1.29 is 4.74 Å². The van der Waals surface area contributed by atoms with Gasteiger partial charge < -0.3 is 4.74 Å². The molecule has 92 valence electrons. The summed E-state index contributed by atoms with van der Waals surface area (Å²) in [6, 6.07) is 0. The average molecular weight is 276 g/mol. The van der Waals surface area contributed by atoms with Crippen LogP contribution in [-0.2, 0) is 4.74 Å². The van der Waals surface area contributed by atoms with Gasteiger partial charge >= 0.3 is 0 Å². The van der Waals surface area contributed by atoms with Crippen LogP contribution in [0.1, 0.15) is 20.1 Å². The maximum Gasteiger partial charge on any atom is 0.225 e. The van der Waals surface area contributed by atoms with Crippen molar-refractivity contribution in [2.45, 2.75) is 20.1 Å². The Hall–Kier alpha value is -0.980. The molecule has 2 rings (SSSR count). The van der Waals surface area contributed by atoms with Crippen molar-refractivity contribution in [3.8, 4) is 0 Å². The van der Waals surface area contributed by atoms with Gasteiger partial charge in [0.2, 0.25) is 5.28 Å². The summed E-state index contributed by atoms with van der Waals surface area (Å²) in [5, 5.41) is 8.16. The third kappa shape index (κ3) is 2.20. The third-order valence-corrected chi connectivity index (χ3v) is 2.74. The van der Waals surface area contributed by atoms with Gasteiger partial charge in [-0.1, -0.05) is 30.7 Å². The van der Waals surface area contributed by atoms with Crippen molar-refractivity contribution in [1.29, 1.82) is 0 Å². The first-order chi connectivity index (χ1) is 8.04. The number of ether oxygens (including phenoxy) is 1. The van der Waals surface area contributed by atoms with Crippen molar-refractivity contribution in [1.82, 2.24) is 25.0 Å². The number of methoxy groups -OCH3 is 1. The van der Waals surface area contributed by atoms with Crippen LogP contribution in [0.15, 0.2) is 0 Å². The van der Waals surface area contributed by atoms with Gasteiger partial charge in [0.05, 0.1) is 0 Å². The second-order valence-electron chi connectivity index (χ2n) is 3.86. The lowest BCUT2D eigenvalue weighted by Gasteiger charge is -2.18. The van der Waals surface area contributed by atoms with E-state index < -0.39 is 0 Å². The zero-order valence-electron chi connectivity index (χ0n) is 9.55. The van der Waals surface area contributed by atoms with E-state index in [1.54, 1.807) is 11.8 Å². The van der Waals surface area contributed by atoms with Crippen LogP contribution in [0.2, 0.25) is 10.4 Å². The number of aromatic nitrogens is 5. The van der Waals surface area contributed by atoms with Gasteiger partial charge in [0, 0.05) is 13.0 Å². The Morgan fingerprint density at radius 2 is 1.94 bits per heavy atom. The Labute approximate surface area is 108 Å². The minimum absolute atomic E-state index is 0.0599. The van der Waals surface area contributed by atoms with Crippen LogP contribution >= 0.6 is 23.2 Å². The number of fused-ring (bicyclic) bond motifs is 1. The Morgan fingerprint density at radius 3 is 2.53 bits per heavy atom. The molecule has 0 N–H and O–H groups in total. The summed E-state index contributed by atoms with van der Waals surface area (Å²) in [4.78, 5) is 7.88. The van der Waals surface area contributed by atoms with E-state index in [-0.39, 0.29) is 22.6 Å². The molecule has 6 nitrogen and oxygen atoms in total. The first kappa shape index (κ1) is 12.5. The van der Waals surface area contributed by atoms with Crippen LogP contribution < -0.4 is 0 Å². The van der Waals surface area contributed by atoms with Gasteiger partial charge in [-0.15, -0.1) is 5.10 Å². The highest BCUT2D eigenvalue weighted by molar-refractivity contribution is 6.35. The second-order valence-corrected chi connectivity index (χ2v) is 4.56. The Balaban J connectivity index is 2.63. The molecule has 0 saturated carbocycles. The lowest BCUT2D eigenvalue weighted by atomic mass is 10.2. The number of rotatable bonds is 3. The van der Waals surface area contributed by atoms with E-state index >= 15 is 0 Å². The molecule has 0 saturated heterocycles. The fourth-order valence-corrected chi connectivity index (χ4v) is 2.01. The van der Waals surface area contributed by atoms with E-state index in [1.807, 2.05) is 13.8 Å². The smallest absolute Gasteiger partial charge is 0.225 e. The molecule has 0 spiro atoms. The molecular weight excluding hydrogens is 265 g/mol. The molecule has 2 heterocycles. The molecule has 0 aliphatic heterocycles. The summed E-state index contributed by atoms with van der Waals surface area (Å²) in [5.41, 5.74) is 0.884. The summed E-state index contributed by atoms with van der Waals surface area (Å²) in [6.07, 6.45) is -0.276. The highest BCUT2D eigenvalue weighted by Crippen LogP contribution is 2.25. The van der Waals surface area contributed by atoms with Crippen LogP contribution in [0, 0.1) is 5.92 Å². The van der Waals surface area contributed by atoms with Gasteiger partial charge in [0.25, 0.3) is 0 Å². The molecule has 0 fully saturated rings. The van der Waals surface area contributed by atoms with Crippen LogP contribution in [0.4, 0.5) is 0 Å². The largest absolute Gasteiger partial charge is 0.359 e. The van der Waals surface area contributed by atoms with E-state index in [2.05, 4.69) is 20.3 Å². The van der Waals surface area contributed by atoms with E-state index in [1.165, 1.54) is 0 Å². The normalized spacial score (nSPS) is 13.5. The quantitative estimate of drug-likeness (QED) is 0.635. The van der Waals surface area contributed by atoms with E-state index in [0.717, 1.165) is 0 Å². The highest BCUT2D eigenvalue weighted by Gasteiger charge is 2.21. The van der Waals surface area contributed by atoms with Gasteiger partial charge in [0.1, 0.15) is 0 Å². The van der Waals surface area contributed by atoms with Gasteiger partial charge in [0.15, 0.2) is 22.5 Å². The van der Waals surface area contributed by atoms with Gasteiger partial charge in [-0.2, -0.15) is 9.67 Å². The van der Waals surface area contributed by atoms with Crippen molar-refractivity contribution in [3.05, 3.63) is 10.4 Å². The first-order valence-electron chi connectivity index (χ1n) is 5.01. The van der Waals surface area contributed by atoms with Crippen LogP contribution in [0.3, 0.4) is 0 Å². The van der Waals surface area contributed by atoms with Gasteiger partial charge in [-0.3, -0.25) is 0 Å². The highest BCUT2D eigenvalue weighted by atomic mass is 35.5. The maximum atomic E-state index is 5.91. The second kappa shape index (κ2) is 4.72. The summed E-state index contributed by atoms with van der Waals surface area (Å²) in [7, 11) is 1.60. The summed E-state index contributed by atoms with van der Waals surface area (Å²) >= 11 is 11.7. The molecule has 1 atom stereocenters. The fraction of sp³-hybridized carbons (Fsp3) is 0.556. The summed E-state index contributed by atoms with van der Waals surface area (Å²) < 4.78 is 6.91. The SMILES string of the molecule is CO[C@H](C(C)C)n1nnc2c(Cl)nc(Cl)nc21. The van der Waals surface area contributed by atoms with E-state index in [9.17, 15) is 0 Å². The number of halogens is 2. The monoisotopic (exact) mass is 275 g/mol. The first-order valence-corrected chi connectivity index (χ1v) is 5.77. The molecule has 0 bridgehead atoms. The Morgan fingerprint density at radius 1 is 1.24 bits per heavy atom. The van der Waals surface area contributed by atoms with Crippen molar-refractivity contribution >= 4 is 34.4 Å². The molecular formula is C9H11Cl2N5O. The predicted molar refractivity (Wildman–Crippen MR) is 64.0 cm³/mol. The molecule has 2 aromatic rings. The molecule has 0 aromatic carbocycles. The Bertz CT molecular complexity index is 541. The van der Waals surface area contributed by atoms with Crippen LogP contribution in [-0.4, -0.2) is 32.1 Å². The topological polar surface area (TPSA) is 65.7 Å². The Kier molecular flexibility index (Phi) is 3.46. The lowest BCUT2D eigenvalue weighted by Crippen LogP contribution is -2.19. The van der Waals surface area contributed by atoms with Crippen LogP contribution in [0.25, 0.3) is 11.2 Å². The van der Waals surface area contributed by atoms with Gasteiger partial charge in [-0.05, 0) is 11.6 Å². The maximum absolute atomic E-state index is 5.91. The third-order valence-electron chi connectivity index (χ3n) is 2.31. The number of hydrogen-bond acceptors (Lipinski definition) is 5. The number of hydrogen-bond donors (Lipinski definition) is 0. The van der Waals surface area contributed by atoms with Crippen molar-refractivity contribution in [3.63, 3.8) is 0 Å². The molecule has 0 unspecified atom stereocenters. The predicted octanol–water partition coefficient (Wildman–Crippen LogP) is 2.33. The fourth-order valence-electron chi connectivity index (χ4n) is 1.60. The molecule has 17 heavy (non-hydrogen) atoms. The van der Waals surface area contributed by atoms with Crippen LogP contribution in [0.5, 0.6) is 0 Å².